The number of halogens is 2. The average Bonchev–Trinajstić information content (AvgIpc) is 3.09. The highest BCUT2D eigenvalue weighted by Gasteiger charge is 2.22. The Morgan fingerprint density at radius 3 is 2.95 bits per heavy atom. The van der Waals surface area contributed by atoms with E-state index in [1.807, 2.05) is 17.6 Å². The zero-order valence-corrected chi connectivity index (χ0v) is 14.6. The molecular formula is C14H14BrClN4S. The van der Waals surface area contributed by atoms with Crippen molar-refractivity contribution in [2.45, 2.75) is 25.8 Å². The maximum absolute atomic E-state index is 5.94. The van der Waals surface area contributed by atoms with Crippen molar-refractivity contribution in [1.29, 1.82) is 0 Å². The summed E-state index contributed by atoms with van der Waals surface area (Å²) in [7, 11) is 0. The topological polar surface area (TPSA) is 43.6 Å². The first kappa shape index (κ1) is 14.9. The Bertz CT molecular complexity index is 741. The van der Waals surface area contributed by atoms with E-state index >= 15 is 0 Å². The maximum Gasteiger partial charge on any atom is 0.160 e. The van der Waals surface area contributed by atoms with Gasteiger partial charge < -0.3 is 4.57 Å². The van der Waals surface area contributed by atoms with Crippen LogP contribution in [0.25, 0.3) is 11.2 Å². The number of fused-ring (bicyclic) bond motifs is 1. The molecule has 21 heavy (non-hydrogen) atoms. The van der Waals surface area contributed by atoms with E-state index in [2.05, 4.69) is 37.4 Å². The van der Waals surface area contributed by atoms with Crippen LogP contribution >= 0.6 is 38.9 Å². The molecule has 0 spiro atoms. The zero-order valence-electron chi connectivity index (χ0n) is 11.5. The average molecular weight is 386 g/mol. The molecular weight excluding hydrogens is 372 g/mol. The Hall–Kier alpha value is -0.980. The van der Waals surface area contributed by atoms with Crippen LogP contribution in [-0.2, 0) is 6.42 Å². The standard InChI is InChI=1S/C14H14BrClN4S/c1-2-11(14-17-5-6-21-14)20-12(3-4-16)19-10-7-9(15)8-18-13(10)20/h5-8,11H,2-4H2,1H3. The number of alkyl halides is 1. The molecule has 0 N–H and O–H groups in total. The molecule has 0 aliphatic rings. The molecule has 0 radical (unpaired) electrons. The minimum atomic E-state index is 0.155. The normalized spacial score (nSPS) is 12.9. The van der Waals surface area contributed by atoms with Gasteiger partial charge in [-0.15, -0.1) is 22.9 Å². The van der Waals surface area contributed by atoms with Crippen LogP contribution < -0.4 is 0 Å². The highest BCUT2D eigenvalue weighted by atomic mass is 79.9. The highest BCUT2D eigenvalue weighted by molar-refractivity contribution is 9.10. The summed E-state index contributed by atoms with van der Waals surface area (Å²) in [5.41, 5.74) is 1.78. The van der Waals surface area contributed by atoms with Crippen molar-refractivity contribution < 1.29 is 0 Å². The summed E-state index contributed by atoms with van der Waals surface area (Å²) in [6.45, 7) is 2.15. The van der Waals surface area contributed by atoms with Gasteiger partial charge in [0.15, 0.2) is 5.65 Å². The van der Waals surface area contributed by atoms with E-state index < -0.39 is 0 Å². The zero-order chi connectivity index (χ0) is 14.8. The molecule has 7 heteroatoms. The molecule has 4 nitrogen and oxygen atoms in total. The van der Waals surface area contributed by atoms with Gasteiger partial charge >= 0.3 is 0 Å². The van der Waals surface area contributed by atoms with Gasteiger partial charge in [-0.05, 0) is 28.4 Å². The summed E-state index contributed by atoms with van der Waals surface area (Å²) < 4.78 is 3.11. The molecule has 0 saturated heterocycles. The van der Waals surface area contributed by atoms with E-state index in [1.165, 1.54) is 0 Å². The van der Waals surface area contributed by atoms with Crippen LogP contribution in [-0.4, -0.2) is 25.4 Å². The van der Waals surface area contributed by atoms with Gasteiger partial charge in [0, 0.05) is 34.5 Å². The number of hydrogen-bond acceptors (Lipinski definition) is 4. The summed E-state index contributed by atoms with van der Waals surface area (Å²) in [6, 6.07) is 2.15. The van der Waals surface area contributed by atoms with E-state index in [9.17, 15) is 0 Å². The molecule has 3 rings (SSSR count). The van der Waals surface area contributed by atoms with Gasteiger partial charge in [0.1, 0.15) is 16.3 Å². The Labute approximate surface area is 140 Å². The Morgan fingerprint density at radius 2 is 2.29 bits per heavy atom. The molecule has 0 aliphatic carbocycles. The Morgan fingerprint density at radius 1 is 1.43 bits per heavy atom. The van der Waals surface area contributed by atoms with Gasteiger partial charge in [0.25, 0.3) is 0 Å². The molecule has 3 aromatic rings. The Kier molecular flexibility index (Phi) is 4.57. The molecule has 0 bridgehead atoms. The maximum atomic E-state index is 5.94. The van der Waals surface area contributed by atoms with Crippen LogP contribution in [0.15, 0.2) is 28.3 Å². The van der Waals surface area contributed by atoms with Crippen molar-refractivity contribution in [1.82, 2.24) is 19.5 Å². The minimum Gasteiger partial charge on any atom is -0.303 e. The van der Waals surface area contributed by atoms with E-state index in [-0.39, 0.29) is 6.04 Å². The largest absolute Gasteiger partial charge is 0.303 e. The van der Waals surface area contributed by atoms with Crippen molar-refractivity contribution in [3.8, 4) is 0 Å². The van der Waals surface area contributed by atoms with Gasteiger partial charge in [-0.1, -0.05) is 6.92 Å². The predicted octanol–water partition coefficient (Wildman–Crippen LogP) is 4.43. The van der Waals surface area contributed by atoms with E-state index in [0.717, 1.165) is 39.3 Å². The second-order valence-electron chi connectivity index (χ2n) is 4.63. The van der Waals surface area contributed by atoms with E-state index in [0.29, 0.717) is 5.88 Å². The summed E-state index contributed by atoms with van der Waals surface area (Å²) in [5.74, 6) is 1.51. The molecule has 1 atom stereocenters. The van der Waals surface area contributed by atoms with Crippen LogP contribution in [0.2, 0.25) is 0 Å². The van der Waals surface area contributed by atoms with Crippen molar-refractivity contribution in [2.24, 2.45) is 0 Å². The molecule has 0 saturated carbocycles. The molecule has 3 aromatic heterocycles. The lowest BCUT2D eigenvalue weighted by Gasteiger charge is -2.17. The molecule has 1 unspecified atom stereocenters. The van der Waals surface area contributed by atoms with Crippen LogP contribution in [0.3, 0.4) is 0 Å². The lowest BCUT2D eigenvalue weighted by atomic mass is 10.2. The highest BCUT2D eigenvalue weighted by Crippen LogP contribution is 2.30. The number of aromatic nitrogens is 4. The summed E-state index contributed by atoms with van der Waals surface area (Å²) in [4.78, 5) is 13.7. The van der Waals surface area contributed by atoms with Gasteiger partial charge in [0.2, 0.25) is 0 Å². The first-order chi connectivity index (χ1) is 10.2. The molecule has 0 amide bonds. The van der Waals surface area contributed by atoms with E-state index in [1.54, 1.807) is 17.5 Å². The van der Waals surface area contributed by atoms with Crippen LogP contribution in [0, 0.1) is 0 Å². The number of nitrogens with zero attached hydrogens (tertiary/aromatic N) is 4. The molecule has 0 aromatic carbocycles. The van der Waals surface area contributed by atoms with Crippen molar-refractivity contribution in [3.63, 3.8) is 0 Å². The smallest absolute Gasteiger partial charge is 0.160 e. The third-order valence-electron chi connectivity index (χ3n) is 3.32. The number of hydrogen-bond donors (Lipinski definition) is 0. The molecule has 0 aliphatic heterocycles. The molecule has 110 valence electrons. The SMILES string of the molecule is CCC(c1nccs1)n1c(CCCl)nc2cc(Br)cnc21. The summed E-state index contributed by atoms with van der Waals surface area (Å²) in [6.07, 6.45) is 5.30. The van der Waals surface area contributed by atoms with Crippen LogP contribution in [0.5, 0.6) is 0 Å². The fourth-order valence-corrected chi connectivity index (χ4v) is 3.76. The van der Waals surface area contributed by atoms with Crippen LogP contribution in [0.4, 0.5) is 0 Å². The van der Waals surface area contributed by atoms with Gasteiger partial charge in [-0.2, -0.15) is 0 Å². The van der Waals surface area contributed by atoms with Crippen molar-refractivity contribution in [2.75, 3.05) is 5.88 Å². The second kappa shape index (κ2) is 6.42. The van der Waals surface area contributed by atoms with Crippen LogP contribution in [0.1, 0.15) is 30.2 Å². The van der Waals surface area contributed by atoms with Gasteiger partial charge in [0.05, 0.1) is 6.04 Å². The van der Waals surface area contributed by atoms with Gasteiger partial charge in [-0.25, -0.2) is 15.0 Å². The first-order valence-electron chi connectivity index (χ1n) is 6.72. The summed E-state index contributed by atoms with van der Waals surface area (Å²) in [5, 5.41) is 3.08. The third-order valence-corrected chi connectivity index (χ3v) is 4.82. The molecule has 3 heterocycles. The quantitative estimate of drug-likeness (QED) is 0.610. The lowest BCUT2D eigenvalue weighted by Crippen LogP contribution is -2.14. The fourth-order valence-electron chi connectivity index (χ4n) is 2.46. The predicted molar refractivity (Wildman–Crippen MR) is 90.2 cm³/mol. The number of pyridine rings is 1. The minimum absolute atomic E-state index is 0.155. The number of thiazole rings is 1. The monoisotopic (exact) mass is 384 g/mol. The first-order valence-corrected chi connectivity index (χ1v) is 8.93. The number of imidazole rings is 1. The third kappa shape index (κ3) is 2.84. The number of rotatable bonds is 5. The molecule has 0 fully saturated rings. The van der Waals surface area contributed by atoms with Crippen molar-refractivity contribution >= 4 is 50.0 Å². The van der Waals surface area contributed by atoms with E-state index in [4.69, 9.17) is 16.6 Å². The summed E-state index contributed by atoms with van der Waals surface area (Å²) >= 11 is 11.1. The Balaban J connectivity index is 2.20. The lowest BCUT2D eigenvalue weighted by molar-refractivity contribution is 0.552. The fraction of sp³-hybridized carbons (Fsp3) is 0.357. The second-order valence-corrected chi connectivity index (χ2v) is 6.85. The number of aryl methyl sites for hydroxylation is 1. The van der Waals surface area contributed by atoms with Gasteiger partial charge in [-0.3, -0.25) is 0 Å². The van der Waals surface area contributed by atoms with Crippen molar-refractivity contribution in [3.05, 3.63) is 39.1 Å².